The van der Waals surface area contributed by atoms with E-state index in [-0.39, 0.29) is 0 Å². The van der Waals surface area contributed by atoms with Gasteiger partial charge in [-0.05, 0) is 12.8 Å². The summed E-state index contributed by atoms with van der Waals surface area (Å²) in [6, 6.07) is 0. The molecular formula is C9H20S. The van der Waals surface area contributed by atoms with Crippen LogP contribution in [0.4, 0.5) is 0 Å². The molecule has 1 heteroatoms. The molecule has 0 saturated heterocycles. The molecule has 0 saturated carbocycles. The first-order chi connectivity index (χ1) is 4.81. The summed E-state index contributed by atoms with van der Waals surface area (Å²) in [6.45, 7) is 4.47. The largest absolute Gasteiger partial charge is 0.176 e. The Kier molecular flexibility index (Phi) is 7.72. The average Bonchev–Trinajstić information content (AvgIpc) is 1.89. The summed E-state index contributed by atoms with van der Waals surface area (Å²) in [6.07, 6.45) is 7.94. The van der Waals surface area contributed by atoms with E-state index in [1.165, 1.54) is 38.5 Å². The summed E-state index contributed by atoms with van der Waals surface area (Å²) < 4.78 is 0. The molecule has 0 aromatic heterocycles. The molecule has 0 fully saturated rings. The van der Waals surface area contributed by atoms with Crippen molar-refractivity contribution in [1.82, 2.24) is 0 Å². The summed E-state index contributed by atoms with van der Waals surface area (Å²) in [4.78, 5) is 0. The lowest BCUT2D eigenvalue weighted by Crippen LogP contribution is -1.96. The predicted octanol–water partition coefficient (Wildman–Crippen LogP) is 3.67. The predicted molar refractivity (Wildman–Crippen MR) is 51.8 cm³/mol. The first kappa shape index (κ1) is 10.3. The fraction of sp³-hybridized carbons (Fsp3) is 1.00. The SMILES string of the molecule is CCCCCC(S)CCC. The van der Waals surface area contributed by atoms with Crippen LogP contribution in [0, 0.1) is 0 Å². The average molecular weight is 160 g/mol. The Balaban J connectivity index is 2.97. The lowest BCUT2D eigenvalue weighted by Gasteiger charge is -2.07. The van der Waals surface area contributed by atoms with Crippen LogP contribution in [0.2, 0.25) is 0 Å². The van der Waals surface area contributed by atoms with Crippen molar-refractivity contribution >= 4 is 12.6 Å². The third-order valence-corrected chi connectivity index (χ3v) is 2.28. The summed E-state index contributed by atoms with van der Waals surface area (Å²) in [5.74, 6) is 0. The van der Waals surface area contributed by atoms with Gasteiger partial charge in [-0.2, -0.15) is 12.6 Å². The molecule has 0 rings (SSSR count). The van der Waals surface area contributed by atoms with E-state index in [1.54, 1.807) is 0 Å². The van der Waals surface area contributed by atoms with Crippen LogP contribution in [-0.2, 0) is 0 Å². The van der Waals surface area contributed by atoms with Gasteiger partial charge in [-0.3, -0.25) is 0 Å². The van der Waals surface area contributed by atoms with Crippen LogP contribution in [0.1, 0.15) is 52.4 Å². The smallest absolute Gasteiger partial charge is 0.00167 e. The summed E-state index contributed by atoms with van der Waals surface area (Å²) in [5.41, 5.74) is 0. The molecule has 0 aliphatic carbocycles. The van der Waals surface area contributed by atoms with Crippen LogP contribution in [0.25, 0.3) is 0 Å². The highest BCUT2D eigenvalue weighted by molar-refractivity contribution is 7.80. The molecule has 1 unspecified atom stereocenters. The van der Waals surface area contributed by atoms with E-state index in [4.69, 9.17) is 0 Å². The lowest BCUT2D eigenvalue weighted by atomic mass is 10.1. The fourth-order valence-electron chi connectivity index (χ4n) is 1.11. The summed E-state index contributed by atoms with van der Waals surface area (Å²) >= 11 is 4.48. The van der Waals surface area contributed by atoms with Gasteiger partial charge in [0.1, 0.15) is 0 Å². The maximum absolute atomic E-state index is 4.48. The molecule has 10 heavy (non-hydrogen) atoms. The highest BCUT2D eigenvalue weighted by Gasteiger charge is 1.99. The molecule has 62 valence electrons. The van der Waals surface area contributed by atoms with Gasteiger partial charge in [-0.15, -0.1) is 0 Å². The highest BCUT2D eigenvalue weighted by Crippen LogP contribution is 2.13. The second-order valence-electron chi connectivity index (χ2n) is 2.94. The Hall–Kier alpha value is 0.350. The third kappa shape index (κ3) is 6.47. The molecule has 0 aromatic carbocycles. The highest BCUT2D eigenvalue weighted by atomic mass is 32.1. The lowest BCUT2D eigenvalue weighted by molar-refractivity contribution is 0.616. The molecule has 0 aromatic rings. The van der Waals surface area contributed by atoms with Crippen molar-refractivity contribution in [1.29, 1.82) is 0 Å². The molecule has 0 radical (unpaired) electrons. The van der Waals surface area contributed by atoms with Crippen LogP contribution >= 0.6 is 12.6 Å². The van der Waals surface area contributed by atoms with E-state index in [0.717, 1.165) is 0 Å². The van der Waals surface area contributed by atoms with Gasteiger partial charge in [0.15, 0.2) is 0 Å². The van der Waals surface area contributed by atoms with Gasteiger partial charge >= 0.3 is 0 Å². The van der Waals surface area contributed by atoms with Gasteiger partial charge in [-0.25, -0.2) is 0 Å². The minimum atomic E-state index is 0.663. The quantitative estimate of drug-likeness (QED) is 0.445. The monoisotopic (exact) mass is 160 g/mol. The van der Waals surface area contributed by atoms with Crippen LogP contribution in [0.3, 0.4) is 0 Å². The number of unbranched alkanes of at least 4 members (excludes halogenated alkanes) is 2. The second-order valence-corrected chi connectivity index (χ2v) is 3.67. The van der Waals surface area contributed by atoms with Crippen LogP contribution in [0.5, 0.6) is 0 Å². The molecule has 0 aliphatic rings. The van der Waals surface area contributed by atoms with Gasteiger partial charge in [0, 0.05) is 5.25 Å². The van der Waals surface area contributed by atoms with E-state index >= 15 is 0 Å². The molecule has 0 amide bonds. The van der Waals surface area contributed by atoms with Gasteiger partial charge in [0.05, 0.1) is 0 Å². The maximum Gasteiger partial charge on any atom is 0.00167 e. The number of hydrogen-bond donors (Lipinski definition) is 1. The molecule has 0 spiro atoms. The van der Waals surface area contributed by atoms with Gasteiger partial charge in [0.25, 0.3) is 0 Å². The molecule has 0 bridgehead atoms. The zero-order chi connectivity index (χ0) is 7.82. The molecular weight excluding hydrogens is 140 g/mol. The van der Waals surface area contributed by atoms with E-state index in [1.807, 2.05) is 0 Å². The van der Waals surface area contributed by atoms with E-state index < -0.39 is 0 Å². The van der Waals surface area contributed by atoms with Gasteiger partial charge in [-0.1, -0.05) is 39.5 Å². The fourth-order valence-corrected chi connectivity index (χ4v) is 1.55. The van der Waals surface area contributed by atoms with Crippen molar-refractivity contribution in [2.24, 2.45) is 0 Å². The van der Waals surface area contributed by atoms with Crippen LogP contribution < -0.4 is 0 Å². The first-order valence-electron chi connectivity index (χ1n) is 4.49. The Bertz CT molecular complexity index is 61.7. The van der Waals surface area contributed by atoms with Crippen molar-refractivity contribution in [3.8, 4) is 0 Å². The van der Waals surface area contributed by atoms with Crippen molar-refractivity contribution in [2.75, 3.05) is 0 Å². The third-order valence-electron chi connectivity index (χ3n) is 1.76. The number of thiol groups is 1. The number of rotatable bonds is 6. The zero-order valence-electron chi connectivity index (χ0n) is 7.27. The minimum absolute atomic E-state index is 0.663. The Morgan fingerprint density at radius 3 is 2.20 bits per heavy atom. The van der Waals surface area contributed by atoms with E-state index in [0.29, 0.717) is 5.25 Å². The standard InChI is InChI=1S/C9H20S/c1-3-5-6-8-9(10)7-4-2/h9-10H,3-8H2,1-2H3. The molecule has 0 nitrogen and oxygen atoms in total. The van der Waals surface area contributed by atoms with E-state index in [2.05, 4.69) is 26.5 Å². The number of hydrogen-bond acceptors (Lipinski definition) is 1. The van der Waals surface area contributed by atoms with Crippen LogP contribution in [0.15, 0.2) is 0 Å². The Labute approximate surface area is 70.8 Å². The van der Waals surface area contributed by atoms with Crippen molar-refractivity contribution in [2.45, 2.75) is 57.6 Å². The minimum Gasteiger partial charge on any atom is -0.176 e. The van der Waals surface area contributed by atoms with Crippen molar-refractivity contribution in [3.05, 3.63) is 0 Å². The van der Waals surface area contributed by atoms with Crippen molar-refractivity contribution < 1.29 is 0 Å². The first-order valence-corrected chi connectivity index (χ1v) is 5.01. The van der Waals surface area contributed by atoms with Crippen molar-refractivity contribution in [3.63, 3.8) is 0 Å². The molecule has 0 N–H and O–H groups in total. The normalized spacial score (nSPS) is 13.5. The second kappa shape index (κ2) is 7.46. The van der Waals surface area contributed by atoms with Crippen LogP contribution in [-0.4, -0.2) is 5.25 Å². The summed E-state index contributed by atoms with van der Waals surface area (Å²) in [7, 11) is 0. The molecule has 0 aliphatic heterocycles. The topological polar surface area (TPSA) is 0 Å². The molecule has 0 heterocycles. The van der Waals surface area contributed by atoms with E-state index in [9.17, 15) is 0 Å². The Morgan fingerprint density at radius 2 is 1.70 bits per heavy atom. The molecule has 1 atom stereocenters. The Morgan fingerprint density at radius 1 is 1.00 bits per heavy atom. The van der Waals surface area contributed by atoms with Gasteiger partial charge in [0.2, 0.25) is 0 Å². The maximum atomic E-state index is 4.48. The summed E-state index contributed by atoms with van der Waals surface area (Å²) in [5, 5.41) is 0.663. The van der Waals surface area contributed by atoms with Gasteiger partial charge < -0.3 is 0 Å². The zero-order valence-corrected chi connectivity index (χ0v) is 8.16.